The Kier molecular flexibility index (Phi) is 4.28. The summed E-state index contributed by atoms with van der Waals surface area (Å²) in [6.45, 7) is 4.62. The second-order valence-corrected chi connectivity index (χ2v) is 3.97. The Morgan fingerprint density at radius 2 is 2.36 bits per heavy atom. The van der Waals surface area contributed by atoms with E-state index in [2.05, 4.69) is 31.2 Å². The lowest BCUT2D eigenvalue weighted by Crippen LogP contribution is -2.26. The lowest BCUT2D eigenvalue weighted by atomic mass is 10.3. The Morgan fingerprint density at radius 1 is 1.64 bits per heavy atom. The second kappa shape index (κ2) is 5.26. The molecular weight excluding hydrogens is 244 g/mol. The van der Waals surface area contributed by atoms with Gasteiger partial charge in [0, 0.05) is 25.2 Å². The molecule has 1 aromatic heterocycles. The highest BCUT2D eigenvalue weighted by molar-refractivity contribution is 9.10. The molecule has 1 unspecified atom stereocenters. The van der Waals surface area contributed by atoms with Crippen LogP contribution in [0.1, 0.15) is 19.7 Å². The summed E-state index contributed by atoms with van der Waals surface area (Å²) in [6.07, 6.45) is 2.59. The number of nitrogens with one attached hydrogen (secondary N) is 1. The molecule has 78 valence electrons. The predicted octanol–water partition coefficient (Wildman–Crippen LogP) is 1.56. The van der Waals surface area contributed by atoms with E-state index in [0.717, 1.165) is 22.5 Å². The van der Waals surface area contributed by atoms with E-state index in [-0.39, 0.29) is 6.04 Å². The Morgan fingerprint density at radius 3 is 2.93 bits per heavy atom. The van der Waals surface area contributed by atoms with E-state index >= 15 is 0 Å². The Labute approximate surface area is 92.5 Å². The van der Waals surface area contributed by atoms with Crippen LogP contribution in [0.4, 0.5) is 5.82 Å². The van der Waals surface area contributed by atoms with Gasteiger partial charge < -0.3 is 11.1 Å². The lowest BCUT2D eigenvalue weighted by molar-refractivity contribution is 0.791. The molecular formula is C9H15BrN4. The van der Waals surface area contributed by atoms with Gasteiger partial charge in [0.05, 0.1) is 4.47 Å². The number of rotatable bonds is 4. The Hall–Kier alpha value is -0.680. The van der Waals surface area contributed by atoms with Crippen molar-refractivity contribution in [3.05, 3.63) is 16.5 Å². The van der Waals surface area contributed by atoms with Gasteiger partial charge in [-0.15, -0.1) is 0 Å². The molecule has 0 radical (unpaired) electrons. The van der Waals surface area contributed by atoms with Crippen molar-refractivity contribution in [3.8, 4) is 0 Å². The van der Waals surface area contributed by atoms with Gasteiger partial charge in [-0.3, -0.25) is 0 Å². The third-order valence-electron chi connectivity index (χ3n) is 1.85. The Balaban J connectivity index is 2.83. The molecule has 3 N–H and O–H groups in total. The predicted molar refractivity (Wildman–Crippen MR) is 61.2 cm³/mol. The number of hydrogen-bond acceptors (Lipinski definition) is 4. The zero-order valence-corrected chi connectivity index (χ0v) is 10.0. The quantitative estimate of drug-likeness (QED) is 0.861. The van der Waals surface area contributed by atoms with Gasteiger partial charge in [0.15, 0.2) is 0 Å². The van der Waals surface area contributed by atoms with Gasteiger partial charge in [0.1, 0.15) is 11.6 Å². The summed E-state index contributed by atoms with van der Waals surface area (Å²) < 4.78 is 0.870. The van der Waals surface area contributed by atoms with Crippen molar-refractivity contribution >= 4 is 21.7 Å². The maximum atomic E-state index is 5.52. The fourth-order valence-corrected chi connectivity index (χ4v) is 1.27. The summed E-state index contributed by atoms with van der Waals surface area (Å²) in [7, 11) is 0. The first-order chi connectivity index (χ1) is 6.67. The maximum absolute atomic E-state index is 5.52. The molecule has 14 heavy (non-hydrogen) atoms. The smallest absolute Gasteiger partial charge is 0.144 e. The summed E-state index contributed by atoms with van der Waals surface area (Å²) in [4.78, 5) is 8.52. The van der Waals surface area contributed by atoms with Crippen LogP contribution in [0.15, 0.2) is 10.7 Å². The molecule has 0 fully saturated rings. The number of hydrogen-bond donors (Lipinski definition) is 2. The Bertz CT molecular complexity index is 303. The van der Waals surface area contributed by atoms with Gasteiger partial charge in [0.25, 0.3) is 0 Å². The standard InChI is InChI=1S/C9H15BrN4/c1-3-8-12-5-7(10)9(14-8)13-6(2)4-11/h5-6H,3-4,11H2,1-2H3,(H,12,13,14). The van der Waals surface area contributed by atoms with Crippen LogP contribution >= 0.6 is 15.9 Å². The summed E-state index contributed by atoms with van der Waals surface area (Å²) in [6, 6.07) is 0.214. The molecule has 1 rings (SSSR count). The molecule has 1 aromatic rings. The van der Waals surface area contributed by atoms with Gasteiger partial charge in [0.2, 0.25) is 0 Å². The number of aryl methyl sites for hydroxylation is 1. The molecule has 0 saturated heterocycles. The van der Waals surface area contributed by atoms with Crippen LogP contribution in [-0.4, -0.2) is 22.6 Å². The van der Waals surface area contributed by atoms with E-state index in [9.17, 15) is 0 Å². The number of nitrogens with two attached hydrogens (primary N) is 1. The van der Waals surface area contributed by atoms with Gasteiger partial charge in [-0.2, -0.15) is 0 Å². The highest BCUT2D eigenvalue weighted by Crippen LogP contribution is 2.19. The van der Waals surface area contributed by atoms with E-state index in [1.54, 1.807) is 6.20 Å². The van der Waals surface area contributed by atoms with Crippen LogP contribution in [0.3, 0.4) is 0 Å². The number of aromatic nitrogens is 2. The highest BCUT2D eigenvalue weighted by atomic mass is 79.9. The number of halogens is 1. The van der Waals surface area contributed by atoms with E-state index < -0.39 is 0 Å². The zero-order chi connectivity index (χ0) is 10.6. The van der Waals surface area contributed by atoms with Crippen molar-refractivity contribution in [3.63, 3.8) is 0 Å². The minimum atomic E-state index is 0.214. The first-order valence-corrected chi connectivity index (χ1v) is 5.44. The molecule has 0 aromatic carbocycles. The molecule has 0 spiro atoms. The van der Waals surface area contributed by atoms with Crippen molar-refractivity contribution in [2.75, 3.05) is 11.9 Å². The summed E-state index contributed by atoms with van der Waals surface area (Å²) >= 11 is 3.39. The summed E-state index contributed by atoms with van der Waals surface area (Å²) in [5.41, 5.74) is 5.52. The minimum absolute atomic E-state index is 0.214. The number of nitrogens with zero attached hydrogens (tertiary/aromatic N) is 2. The van der Waals surface area contributed by atoms with E-state index in [0.29, 0.717) is 6.54 Å². The van der Waals surface area contributed by atoms with Crippen LogP contribution < -0.4 is 11.1 Å². The van der Waals surface area contributed by atoms with Crippen molar-refractivity contribution in [1.29, 1.82) is 0 Å². The van der Waals surface area contributed by atoms with Crippen molar-refractivity contribution < 1.29 is 0 Å². The molecule has 0 aliphatic heterocycles. The molecule has 0 bridgehead atoms. The van der Waals surface area contributed by atoms with Crippen LogP contribution in [0.5, 0.6) is 0 Å². The van der Waals surface area contributed by atoms with Crippen LogP contribution in [0.25, 0.3) is 0 Å². The molecule has 5 heteroatoms. The average molecular weight is 259 g/mol. The fourth-order valence-electron chi connectivity index (χ4n) is 0.968. The van der Waals surface area contributed by atoms with Crippen LogP contribution in [0, 0.1) is 0 Å². The largest absolute Gasteiger partial charge is 0.365 e. The monoisotopic (exact) mass is 258 g/mol. The normalized spacial score (nSPS) is 12.6. The lowest BCUT2D eigenvalue weighted by Gasteiger charge is -2.13. The van der Waals surface area contributed by atoms with E-state index in [1.165, 1.54) is 0 Å². The molecule has 0 amide bonds. The second-order valence-electron chi connectivity index (χ2n) is 3.12. The van der Waals surface area contributed by atoms with Gasteiger partial charge in [-0.1, -0.05) is 6.92 Å². The highest BCUT2D eigenvalue weighted by Gasteiger charge is 2.06. The van der Waals surface area contributed by atoms with Gasteiger partial charge in [-0.25, -0.2) is 9.97 Å². The first kappa shape index (κ1) is 11.4. The van der Waals surface area contributed by atoms with E-state index in [1.807, 2.05) is 13.8 Å². The van der Waals surface area contributed by atoms with Crippen molar-refractivity contribution in [2.45, 2.75) is 26.3 Å². The fraction of sp³-hybridized carbons (Fsp3) is 0.556. The summed E-state index contributed by atoms with van der Waals surface area (Å²) in [5, 5.41) is 3.21. The molecule has 1 atom stereocenters. The topological polar surface area (TPSA) is 63.8 Å². The molecule has 1 heterocycles. The average Bonchev–Trinajstić information content (AvgIpc) is 2.21. The van der Waals surface area contributed by atoms with Gasteiger partial charge >= 0.3 is 0 Å². The maximum Gasteiger partial charge on any atom is 0.144 e. The first-order valence-electron chi connectivity index (χ1n) is 4.65. The third kappa shape index (κ3) is 2.92. The SMILES string of the molecule is CCc1ncc(Br)c(NC(C)CN)n1. The molecule has 0 saturated carbocycles. The van der Waals surface area contributed by atoms with Crippen molar-refractivity contribution in [1.82, 2.24) is 9.97 Å². The van der Waals surface area contributed by atoms with Gasteiger partial charge in [-0.05, 0) is 22.9 Å². The van der Waals surface area contributed by atoms with Crippen LogP contribution in [0.2, 0.25) is 0 Å². The summed E-state index contributed by atoms with van der Waals surface area (Å²) in [5.74, 6) is 1.65. The minimum Gasteiger partial charge on any atom is -0.365 e. The number of anilines is 1. The van der Waals surface area contributed by atoms with Crippen molar-refractivity contribution in [2.24, 2.45) is 5.73 Å². The van der Waals surface area contributed by atoms with Crippen LogP contribution in [-0.2, 0) is 6.42 Å². The van der Waals surface area contributed by atoms with E-state index in [4.69, 9.17) is 5.73 Å². The molecule has 0 aliphatic carbocycles. The third-order valence-corrected chi connectivity index (χ3v) is 2.43. The molecule has 0 aliphatic rings. The zero-order valence-electron chi connectivity index (χ0n) is 8.42. The molecule has 4 nitrogen and oxygen atoms in total.